The molecule has 0 radical (unpaired) electrons. The number of para-hydroxylation sites is 1. The van der Waals surface area contributed by atoms with E-state index in [1.54, 1.807) is 29.2 Å². The summed E-state index contributed by atoms with van der Waals surface area (Å²) in [6.07, 6.45) is 0.305. The third-order valence-electron chi connectivity index (χ3n) is 4.07. The van der Waals surface area contributed by atoms with E-state index in [1.165, 1.54) is 0 Å². The number of nitrogen functional groups attached to an aromatic ring is 1. The van der Waals surface area contributed by atoms with Crippen LogP contribution < -0.4 is 15.8 Å². The van der Waals surface area contributed by atoms with E-state index in [9.17, 15) is 9.59 Å². The van der Waals surface area contributed by atoms with Crippen molar-refractivity contribution in [3.63, 3.8) is 0 Å². The van der Waals surface area contributed by atoms with Crippen molar-refractivity contribution in [1.29, 1.82) is 0 Å². The molecule has 0 aromatic heterocycles. The second-order valence-corrected chi connectivity index (χ2v) is 6.00. The predicted molar refractivity (Wildman–Crippen MR) is 95.2 cm³/mol. The van der Waals surface area contributed by atoms with Crippen LogP contribution in [0.5, 0.6) is 5.75 Å². The molecule has 1 saturated heterocycles. The van der Waals surface area contributed by atoms with Gasteiger partial charge in [-0.05, 0) is 30.3 Å². The van der Waals surface area contributed by atoms with Gasteiger partial charge in [0.15, 0.2) is 0 Å². The number of hydrogen-bond acceptors (Lipinski definition) is 4. The average Bonchev–Trinajstić information content (AvgIpc) is 2.95. The third-order valence-corrected chi connectivity index (χ3v) is 4.07. The van der Waals surface area contributed by atoms with E-state index in [4.69, 9.17) is 10.5 Å². The number of hydrogen-bond donors (Lipinski definition) is 2. The minimum atomic E-state index is -0.215. The average molecular weight is 339 g/mol. The highest BCUT2D eigenvalue weighted by molar-refractivity contribution is 5.95. The number of nitrogens with zero attached hydrogens (tertiary/aromatic N) is 1. The molecule has 2 amide bonds. The maximum absolute atomic E-state index is 12.2. The van der Waals surface area contributed by atoms with Crippen LogP contribution in [0.1, 0.15) is 16.8 Å². The molecule has 0 aliphatic carbocycles. The Labute approximate surface area is 146 Å². The first-order valence-corrected chi connectivity index (χ1v) is 8.24. The Morgan fingerprint density at radius 2 is 2.00 bits per heavy atom. The van der Waals surface area contributed by atoms with Gasteiger partial charge in [-0.25, -0.2) is 0 Å². The van der Waals surface area contributed by atoms with Crippen LogP contribution in [-0.4, -0.2) is 42.5 Å². The highest BCUT2D eigenvalue weighted by atomic mass is 16.5. The van der Waals surface area contributed by atoms with E-state index in [-0.39, 0.29) is 17.9 Å². The minimum Gasteiger partial charge on any atom is -0.492 e. The fourth-order valence-electron chi connectivity index (χ4n) is 2.82. The number of anilines is 1. The topological polar surface area (TPSA) is 84.7 Å². The lowest BCUT2D eigenvalue weighted by molar-refractivity contribution is -0.128. The molecule has 1 aliphatic rings. The fourth-order valence-corrected chi connectivity index (χ4v) is 2.82. The van der Waals surface area contributed by atoms with Crippen LogP contribution >= 0.6 is 0 Å². The number of carbonyl (C=O) groups is 2. The maximum Gasteiger partial charge on any atom is 0.251 e. The van der Waals surface area contributed by atoms with Crippen LogP contribution in [0.15, 0.2) is 54.6 Å². The molecule has 2 aromatic rings. The Morgan fingerprint density at radius 3 is 2.76 bits per heavy atom. The zero-order valence-electron chi connectivity index (χ0n) is 13.9. The van der Waals surface area contributed by atoms with Gasteiger partial charge in [0.25, 0.3) is 5.91 Å². The zero-order valence-corrected chi connectivity index (χ0v) is 13.9. The zero-order chi connectivity index (χ0) is 17.6. The molecule has 25 heavy (non-hydrogen) atoms. The number of ether oxygens (including phenoxy) is 1. The van der Waals surface area contributed by atoms with Crippen molar-refractivity contribution < 1.29 is 14.3 Å². The van der Waals surface area contributed by atoms with Gasteiger partial charge in [-0.3, -0.25) is 9.59 Å². The summed E-state index contributed by atoms with van der Waals surface area (Å²) in [7, 11) is 0. The summed E-state index contributed by atoms with van der Waals surface area (Å²) in [4.78, 5) is 26.1. The van der Waals surface area contributed by atoms with Crippen molar-refractivity contribution in [2.45, 2.75) is 12.5 Å². The SMILES string of the molecule is Nc1cccc(C(=O)NC2CC(=O)N(CCOc3ccccc3)C2)c1. The normalized spacial score (nSPS) is 16.7. The van der Waals surface area contributed by atoms with Gasteiger partial charge < -0.3 is 20.7 Å². The van der Waals surface area contributed by atoms with E-state index >= 15 is 0 Å². The molecule has 1 heterocycles. The number of rotatable bonds is 6. The summed E-state index contributed by atoms with van der Waals surface area (Å²) in [5, 5.41) is 2.89. The largest absolute Gasteiger partial charge is 0.492 e. The predicted octanol–water partition coefficient (Wildman–Crippen LogP) is 1.68. The number of benzene rings is 2. The number of nitrogens with two attached hydrogens (primary N) is 1. The van der Waals surface area contributed by atoms with E-state index in [0.717, 1.165) is 5.75 Å². The highest BCUT2D eigenvalue weighted by Crippen LogP contribution is 2.14. The van der Waals surface area contributed by atoms with Crippen molar-refractivity contribution in [2.75, 3.05) is 25.4 Å². The van der Waals surface area contributed by atoms with Crippen molar-refractivity contribution in [3.05, 3.63) is 60.2 Å². The monoisotopic (exact) mass is 339 g/mol. The van der Waals surface area contributed by atoms with Crippen LogP contribution in [-0.2, 0) is 4.79 Å². The first-order valence-electron chi connectivity index (χ1n) is 8.24. The third kappa shape index (κ3) is 4.50. The Kier molecular flexibility index (Phi) is 5.18. The second-order valence-electron chi connectivity index (χ2n) is 6.00. The lowest BCUT2D eigenvalue weighted by Crippen LogP contribution is -2.38. The maximum atomic E-state index is 12.2. The van der Waals surface area contributed by atoms with Gasteiger partial charge in [-0.15, -0.1) is 0 Å². The molecule has 6 nitrogen and oxygen atoms in total. The van der Waals surface area contributed by atoms with Crippen molar-refractivity contribution >= 4 is 17.5 Å². The molecule has 6 heteroatoms. The number of nitrogens with one attached hydrogen (secondary N) is 1. The summed E-state index contributed by atoms with van der Waals surface area (Å²) < 4.78 is 5.62. The molecule has 1 atom stereocenters. The summed E-state index contributed by atoms with van der Waals surface area (Å²) in [6.45, 7) is 1.41. The number of likely N-dealkylation sites (tertiary alicyclic amines) is 1. The fraction of sp³-hybridized carbons (Fsp3) is 0.263. The van der Waals surface area contributed by atoms with E-state index in [0.29, 0.717) is 37.4 Å². The van der Waals surface area contributed by atoms with Crippen LogP contribution in [0.3, 0.4) is 0 Å². The Morgan fingerprint density at radius 1 is 1.20 bits per heavy atom. The standard InChI is InChI=1S/C19H21N3O3/c20-15-6-4-5-14(11-15)19(24)21-16-12-18(23)22(13-16)9-10-25-17-7-2-1-3-8-17/h1-8,11,16H,9-10,12-13,20H2,(H,21,24). The molecule has 3 rings (SSSR count). The van der Waals surface area contributed by atoms with Gasteiger partial charge in [0.05, 0.1) is 12.6 Å². The molecule has 1 aliphatic heterocycles. The Bertz CT molecular complexity index is 749. The van der Waals surface area contributed by atoms with Gasteiger partial charge in [-0.2, -0.15) is 0 Å². The van der Waals surface area contributed by atoms with Gasteiger partial charge in [0.2, 0.25) is 5.91 Å². The summed E-state index contributed by atoms with van der Waals surface area (Å²) >= 11 is 0. The smallest absolute Gasteiger partial charge is 0.251 e. The van der Waals surface area contributed by atoms with Crippen LogP contribution in [0.2, 0.25) is 0 Å². The molecule has 0 spiro atoms. The van der Waals surface area contributed by atoms with E-state index < -0.39 is 0 Å². The Hall–Kier alpha value is -3.02. The molecule has 3 N–H and O–H groups in total. The quantitative estimate of drug-likeness (QED) is 0.784. The van der Waals surface area contributed by atoms with Crippen molar-refractivity contribution in [1.82, 2.24) is 10.2 Å². The van der Waals surface area contributed by atoms with Gasteiger partial charge in [0, 0.05) is 24.2 Å². The first-order chi connectivity index (χ1) is 12.1. The molecule has 0 saturated carbocycles. The molecular formula is C19H21N3O3. The molecular weight excluding hydrogens is 318 g/mol. The highest BCUT2D eigenvalue weighted by Gasteiger charge is 2.30. The lowest BCUT2D eigenvalue weighted by atomic mass is 10.1. The Balaban J connectivity index is 1.48. The molecule has 2 aromatic carbocycles. The minimum absolute atomic E-state index is 0.0227. The van der Waals surface area contributed by atoms with Crippen molar-refractivity contribution in [2.24, 2.45) is 0 Å². The number of amides is 2. The van der Waals surface area contributed by atoms with Gasteiger partial charge in [0.1, 0.15) is 12.4 Å². The van der Waals surface area contributed by atoms with E-state index in [1.807, 2.05) is 30.3 Å². The van der Waals surface area contributed by atoms with E-state index in [2.05, 4.69) is 5.32 Å². The summed E-state index contributed by atoms with van der Waals surface area (Å²) in [5.74, 6) is 0.586. The summed E-state index contributed by atoms with van der Waals surface area (Å²) in [5.41, 5.74) is 6.73. The molecule has 0 bridgehead atoms. The van der Waals surface area contributed by atoms with Crippen molar-refractivity contribution in [3.8, 4) is 5.75 Å². The lowest BCUT2D eigenvalue weighted by Gasteiger charge is -2.17. The van der Waals surface area contributed by atoms with Crippen LogP contribution in [0.4, 0.5) is 5.69 Å². The van der Waals surface area contributed by atoms with Gasteiger partial charge in [-0.1, -0.05) is 24.3 Å². The van der Waals surface area contributed by atoms with Crippen LogP contribution in [0.25, 0.3) is 0 Å². The molecule has 130 valence electrons. The first kappa shape index (κ1) is 16.8. The number of carbonyl (C=O) groups excluding carboxylic acids is 2. The molecule has 1 fully saturated rings. The second kappa shape index (κ2) is 7.70. The van der Waals surface area contributed by atoms with Gasteiger partial charge >= 0.3 is 0 Å². The van der Waals surface area contributed by atoms with Crippen LogP contribution in [0, 0.1) is 0 Å². The summed E-state index contributed by atoms with van der Waals surface area (Å²) in [6, 6.07) is 16.1. The molecule has 1 unspecified atom stereocenters.